The standard InChI is InChI=1S/C21H25N7O/c29-21(20-16-22-9-10-24-20)26-18-2-4-19(5-3-18)27-13-6-17(7-14-27)23-11-15-28-12-1-8-25-28/h1-5,8-10,12,16-17,23H,6-7,11,13-15H2,(H,26,29). The quantitative estimate of drug-likeness (QED) is 0.642. The molecule has 0 bridgehead atoms. The smallest absolute Gasteiger partial charge is 0.275 e. The molecule has 8 heteroatoms. The first-order chi connectivity index (χ1) is 14.3. The van der Waals surface area contributed by atoms with Crippen LogP contribution in [0.2, 0.25) is 0 Å². The second kappa shape index (κ2) is 9.29. The van der Waals surface area contributed by atoms with E-state index < -0.39 is 0 Å². The number of hydrogen-bond acceptors (Lipinski definition) is 6. The van der Waals surface area contributed by atoms with Gasteiger partial charge in [-0.25, -0.2) is 4.98 Å². The largest absolute Gasteiger partial charge is 0.371 e. The number of piperidine rings is 1. The Kier molecular flexibility index (Phi) is 6.11. The van der Waals surface area contributed by atoms with Crippen molar-refractivity contribution in [2.75, 3.05) is 29.9 Å². The van der Waals surface area contributed by atoms with E-state index in [4.69, 9.17) is 0 Å². The molecule has 8 nitrogen and oxygen atoms in total. The van der Waals surface area contributed by atoms with Gasteiger partial charge in [0.2, 0.25) is 0 Å². The summed E-state index contributed by atoms with van der Waals surface area (Å²) in [5.41, 5.74) is 2.23. The highest BCUT2D eigenvalue weighted by molar-refractivity contribution is 6.02. The van der Waals surface area contributed by atoms with Crippen LogP contribution in [0.25, 0.3) is 0 Å². The fourth-order valence-corrected chi connectivity index (χ4v) is 3.52. The van der Waals surface area contributed by atoms with Crippen molar-refractivity contribution in [3.8, 4) is 0 Å². The molecule has 0 aliphatic carbocycles. The number of benzene rings is 1. The van der Waals surface area contributed by atoms with E-state index in [1.54, 1.807) is 6.20 Å². The van der Waals surface area contributed by atoms with E-state index in [9.17, 15) is 4.79 Å². The fourth-order valence-electron chi connectivity index (χ4n) is 3.52. The maximum absolute atomic E-state index is 12.2. The summed E-state index contributed by atoms with van der Waals surface area (Å²) in [4.78, 5) is 22.5. The average Bonchev–Trinajstić information content (AvgIpc) is 3.29. The lowest BCUT2D eigenvalue weighted by atomic mass is 10.0. The summed E-state index contributed by atoms with van der Waals surface area (Å²) in [6.07, 6.45) is 10.5. The van der Waals surface area contributed by atoms with Crippen LogP contribution >= 0.6 is 0 Å². The molecule has 3 aromatic rings. The zero-order valence-electron chi connectivity index (χ0n) is 16.2. The van der Waals surface area contributed by atoms with Crippen molar-refractivity contribution in [1.29, 1.82) is 0 Å². The molecule has 1 saturated heterocycles. The Morgan fingerprint density at radius 1 is 1.10 bits per heavy atom. The molecule has 29 heavy (non-hydrogen) atoms. The highest BCUT2D eigenvalue weighted by Crippen LogP contribution is 2.22. The van der Waals surface area contributed by atoms with E-state index in [-0.39, 0.29) is 5.91 Å². The van der Waals surface area contributed by atoms with Gasteiger partial charge in [-0.3, -0.25) is 14.5 Å². The number of amides is 1. The molecule has 2 N–H and O–H groups in total. The summed E-state index contributed by atoms with van der Waals surface area (Å²) < 4.78 is 1.95. The van der Waals surface area contributed by atoms with Crippen LogP contribution in [-0.2, 0) is 6.54 Å². The van der Waals surface area contributed by atoms with E-state index in [0.717, 1.165) is 44.7 Å². The normalized spacial score (nSPS) is 14.7. The Balaban J connectivity index is 1.23. The summed E-state index contributed by atoms with van der Waals surface area (Å²) in [7, 11) is 0. The van der Waals surface area contributed by atoms with Gasteiger partial charge >= 0.3 is 0 Å². The number of nitrogens with zero attached hydrogens (tertiary/aromatic N) is 5. The Morgan fingerprint density at radius 3 is 2.62 bits per heavy atom. The Hall–Kier alpha value is -3.26. The van der Waals surface area contributed by atoms with E-state index in [0.29, 0.717) is 11.7 Å². The van der Waals surface area contributed by atoms with Crippen molar-refractivity contribution in [3.05, 3.63) is 67.0 Å². The summed E-state index contributed by atoms with van der Waals surface area (Å²) in [6, 6.07) is 10.5. The molecule has 1 fully saturated rings. The van der Waals surface area contributed by atoms with Crippen LogP contribution in [0.1, 0.15) is 23.3 Å². The van der Waals surface area contributed by atoms with Gasteiger partial charge in [-0.15, -0.1) is 0 Å². The van der Waals surface area contributed by atoms with E-state index in [1.807, 2.05) is 35.3 Å². The summed E-state index contributed by atoms with van der Waals surface area (Å²) in [5, 5.41) is 10.7. The Morgan fingerprint density at radius 2 is 1.93 bits per heavy atom. The van der Waals surface area contributed by atoms with Crippen molar-refractivity contribution in [2.24, 2.45) is 0 Å². The second-order valence-electron chi connectivity index (χ2n) is 7.08. The lowest BCUT2D eigenvalue weighted by molar-refractivity contribution is 0.102. The van der Waals surface area contributed by atoms with Crippen LogP contribution < -0.4 is 15.5 Å². The maximum atomic E-state index is 12.2. The molecule has 0 atom stereocenters. The zero-order valence-corrected chi connectivity index (χ0v) is 16.2. The van der Waals surface area contributed by atoms with Gasteiger partial charge in [0.25, 0.3) is 5.91 Å². The third-order valence-corrected chi connectivity index (χ3v) is 5.11. The Labute approximate surface area is 170 Å². The van der Waals surface area contributed by atoms with Crippen molar-refractivity contribution in [2.45, 2.75) is 25.4 Å². The minimum absolute atomic E-state index is 0.257. The minimum Gasteiger partial charge on any atom is -0.371 e. The van der Waals surface area contributed by atoms with Gasteiger partial charge in [0.05, 0.1) is 12.7 Å². The third kappa shape index (κ3) is 5.17. The molecular weight excluding hydrogens is 366 g/mol. The second-order valence-corrected chi connectivity index (χ2v) is 7.08. The summed E-state index contributed by atoms with van der Waals surface area (Å²) in [6.45, 7) is 3.87. The average molecular weight is 391 g/mol. The molecule has 1 aliphatic heterocycles. The molecule has 2 aromatic heterocycles. The molecular formula is C21H25N7O. The highest BCUT2D eigenvalue weighted by Gasteiger charge is 2.19. The molecule has 1 aliphatic rings. The van der Waals surface area contributed by atoms with Crippen molar-refractivity contribution in [1.82, 2.24) is 25.1 Å². The maximum Gasteiger partial charge on any atom is 0.275 e. The summed E-state index contributed by atoms with van der Waals surface area (Å²) >= 11 is 0. The lowest BCUT2D eigenvalue weighted by Crippen LogP contribution is -2.43. The molecule has 4 rings (SSSR count). The van der Waals surface area contributed by atoms with Gasteiger partial charge in [-0.2, -0.15) is 5.10 Å². The van der Waals surface area contributed by atoms with Crippen molar-refractivity contribution >= 4 is 17.3 Å². The molecule has 1 amide bonds. The molecule has 0 radical (unpaired) electrons. The number of nitrogens with one attached hydrogen (secondary N) is 2. The third-order valence-electron chi connectivity index (χ3n) is 5.11. The first kappa shape index (κ1) is 19.1. The number of carbonyl (C=O) groups excluding carboxylic acids is 1. The van der Waals surface area contributed by atoms with Crippen LogP contribution in [-0.4, -0.2) is 51.3 Å². The molecule has 1 aromatic carbocycles. The number of anilines is 2. The van der Waals surface area contributed by atoms with Crippen LogP contribution in [0, 0.1) is 0 Å². The SMILES string of the molecule is O=C(Nc1ccc(N2CCC(NCCn3cccn3)CC2)cc1)c1cnccn1. The topological polar surface area (TPSA) is 88.0 Å². The van der Waals surface area contributed by atoms with E-state index in [1.165, 1.54) is 18.1 Å². The van der Waals surface area contributed by atoms with Crippen LogP contribution in [0.3, 0.4) is 0 Å². The minimum atomic E-state index is -0.257. The Bertz CT molecular complexity index is 889. The molecule has 3 heterocycles. The van der Waals surface area contributed by atoms with Gasteiger partial charge < -0.3 is 15.5 Å². The predicted molar refractivity (Wildman–Crippen MR) is 112 cm³/mol. The van der Waals surface area contributed by atoms with E-state index >= 15 is 0 Å². The number of hydrogen-bond donors (Lipinski definition) is 2. The van der Waals surface area contributed by atoms with Crippen molar-refractivity contribution in [3.63, 3.8) is 0 Å². The van der Waals surface area contributed by atoms with Gasteiger partial charge in [0.1, 0.15) is 5.69 Å². The number of rotatable bonds is 7. The fraction of sp³-hybridized carbons (Fsp3) is 0.333. The van der Waals surface area contributed by atoms with Crippen molar-refractivity contribution < 1.29 is 4.79 Å². The molecule has 150 valence electrons. The van der Waals surface area contributed by atoms with Crippen LogP contribution in [0.5, 0.6) is 0 Å². The predicted octanol–water partition coefficient (Wildman–Crippen LogP) is 2.18. The van der Waals surface area contributed by atoms with Gasteiger partial charge in [-0.1, -0.05) is 0 Å². The van der Waals surface area contributed by atoms with Crippen LogP contribution in [0.4, 0.5) is 11.4 Å². The monoisotopic (exact) mass is 391 g/mol. The summed E-state index contributed by atoms with van der Waals surface area (Å²) in [5.74, 6) is -0.257. The van der Waals surface area contributed by atoms with E-state index in [2.05, 4.69) is 42.7 Å². The number of carbonyl (C=O) groups is 1. The molecule has 0 saturated carbocycles. The van der Waals surface area contributed by atoms with Crippen LogP contribution in [0.15, 0.2) is 61.3 Å². The lowest BCUT2D eigenvalue weighted by Gasteiger charge is -2.34. The first-order valence-electron chi connectivity index (χ1n) is 9.91. The van der Waals surface area contributed by atoms with Gasteiger partial charge in [0.15, 0.2) is 0 Å². The first-order valence-corrected chi connectivity index (χ1v) is 9.91. The highest BCUT2D eigenvalue weighted by atomic mass is 16.1. The van der Waals surface area contributed by atoms with Gasteiger partial charge in [0, 0.05) is 61.8 Å². The zero-order chi connectivity index (χ0) is 19.9. The molecule has 0 spiro atoms. The van der Waals surface area contributed by atoms with Gasteiger partial charge in [-0.05, 0) is 43.2 Å². The number of aromatic nitrogens is 4. The molecule has 0 unspecified atom stereocenters.